The molecule has 0 saturated heterocycles. The van der Waals surface area contributed by atoms with Crippen LogP contribution in [0, 0.1) is 0 Å². The Hall–Kier alpha value is -3.75. The van der Waals surface area contributed by atoms with Gasteiger partial charge in [0, 0.05) is 18.0 Å². The Bertz CT molecular complexity index is 954. The fraction of sp³-hybridized carbons (Fsp3) is 0.167. The van der Waals surface area contributed by atoms with Crippen molar-refractivity contribution < 1.29 is 24.0 Å². The van der Waals surface area contributed by atoms with E-state index in [1.165, 1.54) is 25.7 Å². The van der Waals surface area contributed by atoms with Crippen LogP contribution < -0.4 is 10.1 Å². The first-order valence-corrected chi connectivity index (χ1v) is 7.95. The molecule has 9 heteroatoms. The number of carboxylic acid groups (broad SMARTS) is 1. The molecule has 1 atom stereocenters. The number of aromatic nitrogens is 3. The third kappa shape index (κ3) is 3.76. The van der Waals surface area contributed by atoms with Gasteiger partial charge in [0.2, 0.25) is 0 Å². The van der Waals surface area contributed by atoms with E-state index in [-0.39, 0.29) is 22.7 Å². The minimum absolute atomic E-state index is 0.0329. The number of hydrogen-bond acceptors (Lipinski definition) is 7. The fourth-order valence-electron chi connectivity index (χ4n) is 2.50. The summed E-state index contributed by atoms with van der Waals surface area (Å²) in [6, 6.07) is 5.99. The predicted octanol–water partition coefficient (Wildman–Crippen LogP) is 2.33. The lowest BCUT2D eigenvalue weighted by Gasteiger charge is -2.11. The van der Waals surface area contributed by atoms with Crippen LogP contribution in [0.5, 0.6) is 5.75 Å². The van der Waals surface area contributed by atoms with Gasteiger partial charge in [-0.1, -0.05) is 5.16 Å². The van der Waals surface area contributed by atoms with Crippen molar-refractivity contribution >= 4 is 11.9 Å². The lowest BCUT2D eigenvalue weighted by Crippen LogP contribution is -2.28. The predicted molar refractivity (Wildman–Crippen MR) is 93.4 cm³/mol. The van der Waals surface area contributed by atoms with E-state index in [2.05, 4.69) is 20.4 Å². The number of hydrogen-bond donors (Lipinski definition) is 2. The van der Waals surface area contributed by atoms with Crippen molar-refractivity contribution in [1.29, 1.82) is 0 Å². The zero-order chi connectivity index (χ0) is 19.4. The quantitative estimate of drug-likeness (QED) is 0.678. The zero-order valence-electron chi connectivity index (χ0n) is 14.5. The molecule has 1 aromatic carbocycles. The highest BCUT2D eigenvalue weighted by Crippen LogP contribution is 2.30. The molecular formula is C18H16N4O5. The number of aromatic carboxylic acids is 1. The maximum atomic E-state index is 12.2. The summed E-state index contributed by atoms with van der Waals surface area (Å²) >= 11 is 0. The summed E-state index contributed by atoms with van der Waals surface area (Å²) in [6.45, 7) is 1.60. The second-order valence-electron chi connectivity index (χ2n) is 5.59. The summed E-state index contributed by atoms with van der Waals surface area (Å²) in [6.07, 6.45) is 4.14. The molecule has 138 valence electrons. The van der Waals surface area contributed by atoms with Crippen LogP contribution in [0.1, 0.15) is 39.6 Å². The largest absolute Gasteiger partial charge is 0.497 e. The molecular weight excluding hydrogens is 352 g/mol. The maximum Gasteiger partial charge on any atom is 0.341 e. The number of carbonyl (C=O) groups is 2. The molecule has 0 bridgehead atoms. The molecule has 9 nitrogen and oxygen atoms in total. The lowest BCUT2D eigenvalue weighted by atomic mass is 10.0. The standard InChI is InChI=1S/C18H16N4O5/c1-10(21-17(23)13-9-19-7-8-20-13)16-14(18(24)25)15(22-27-16)11-3-5-12(26-2)6-4-11/h3-10H,1-2H3,(H,21,23)(H,24,25)/t10-/m1/s1. The Morgan fingerprint density at radius 3 is 2.56 bits per heavy atom. The van der Waals surface area contributed by atoms with E-state index in [0.717, 1.165) is 0 Å². The third-order valence-electron chi connectivity index (χ3n) is 3.83. The summed E-state index contributed by atoms with van der Waals surface area (Å²) in [4.78, 5) is 31.7. The summed E-state index contributed by atoms with van der Waals surface area (Å²) in [5.41, 5.74) is 0.708. The fourth-order valence-corrected chi connectivity index (χ4v) is 2.50. The van der Waals surface area contributed by atoms with Crippen molar-refractivity contribution in [3.05, 3.63) is 59.9 Å². The first-order valence-electron chi connectivity index (χ1n) is 7.95. The van der Waals surface area contributed by atoms with Gasteiger partial charge in [-0.15, -0.1) is 0 Å². The maximum absolute atomic E-state index is 12.2. The van der Waals surface area contributed by atoms with Gasteiger partial charge < -0.3 is 19.7 Å². The second-order valence-corrected chi connectivity index (χ2v) is 5.59. The summed E-state index contributed by atoms with van der Waals surface area (Å²) in [5.74, 6) is -1.05. The molecule has 2 N–H and O–H groups in total. The first-order chi connectivity index (χ1) is 13.0. The minimum atomic E-state index is -1.21. The number of ether oxygens (including phenoxy) is 1. The van der Waals surface area contributed by atoms with E-state index < -0.39 is 17.9 Å². The highest BCUT2D eigenvalue weighted by molar-refractivity contribution is 5.96. The van der Waals surface area contributed by atoms with Crippen LogP contribution in [0.4, 0.5) is 0 Å². The van der Waals surface area contributed by atoms with Crippen molar-refractivity contribution in [2.24, 2.45) is 0 Å². The number of amides is 1. The average molecular weight is 368 g/mol. The molecule has 3 rings (SSSR count). The van der Waals surface area contributed by atoms with Gasteiger partial charge in [-0.3, -0.25) is 9.78 Å². The van der Waals surface area contributed by atoms with Gasteiger partial charge in [0.25, 0.3) is 5.91 Å². The smallest absolute Gasteiger partial charge is 0.341 e. The molecule has 0 saturated carbocycles. The van der Waals surface area contributed by atoms with Gasteiger partial charge in [-0.2, -0.15) is 0 Å². The van der Waals surface area contributed by atoms with E-state index in [1.54, 1.807) is 31.2 Å². The summed E-state index contributed by atoms with van der Waals surface area (Å²) in [7, 11) is 1.54. The van der Waals surface area contributed by atoms with Crippen molar-refractivity contribution in [2.45, 2.75) is 13.0 Å². The number of nitrogens with zero attached hydrogens (tertiary/aromatic N) is 3. The SMILES string of the molecule is COc1ccc(-c2noc([C@@H](C)NC(=O)c3cnccn3)c2C(=O)O)cc1. The van der Waals surface area contributed by atoms with Crippen LogP contribution in [0.3, 0.4) is 0 Å². The Labute approximate surface area is 154 Å². The Morgan fingerprint density at radius 1 is 1.22 bits per heavy atom. The number of carboxylic acids is 1. The van der Waals surface area contributed by atoms with Crippen LogP contribution >= 0.6 is 0 Å². The average Bonchev–Trinajstić information content (AvgIpc) is 3.14. The van der Waals surface area contributed by atoms with E-state index in [0.29, 0.717) is 11.3 Å². The minimum Gasteiger partial charge on any atom is -0.497 e. The number of methoxy groups -OCH3 is 1. The number of rotatable bonds is 6. The Balaban J connectivity index is 1.90. The Morgan fingerprint density at radius 2 is 1.96 bits per heavy atom. The molecule has 0 radical (unpaired) electrons. The van der Waals surface area contributed by atoms with E-state index >= 15 is 0 Å². The van der Waals surface area contributed by atoms with Crippen molar-refractivity contribution in [2.75, 3.05) is 7.11 Å². The molecule has 2 heterocycles. The first kappa shape index (κ1) is 18.1. The zero-order valence-corrected chi connectivity index (χ0v) is 14.5. The molecule has 0 aliphatic carbocycles. The molecule has 0 aliphatic rings. The normalized spacial score (nSPS) is 11.6. The van der Waals surface area contributed by atoms with E-state index in [9.17, 15) is 14.7 Å². The van der Waals surface area contributed by atoms with Crippen LogP contribution in [0.15, 0.2) is 47.4 Å². The lowest BCUT2D eigenvalue weighted by molar-refractivity contribution is 0.0692. The Kier molecular flexibility index (Phi) is 5.11. The van der Waals surface area contributed by atoms with E-state index in [4.69, 9.17) is 9.26 Å². The van der Waals surface area contributed by atoms with E-state index in [1.807, 2.05) is 0 Å². The topological polar surface area (TPSA) is 127 Å². The molecule has 2 aromatic heterocycles. The number of nitrogens with one attached hydrogen (secondary N) is 1. The number of carbonyl (C=O) groups excluding carboxylic acids is 1. The van der Waals surface area contributed by atoms with Gasteiger partial charge in [-0.05, 0) is 31.2 Å². The van der Waals surface area contributed by atoms with Crippen LogP contribution in [-0.2, 0) is 0 Å². The van der Waals surface area contributed by atoms with Crippen LogP contribution in [-0.4, -0.2) is 39.2 Å². The van der Waals surface area contributed by atoms with Crippen LogP contribution in [0.25, 0.3) is 11.3 Å². The molecule has 0 unspecified atom stereocenters. The monoisotopic (exact) mass is 368 g/mol. The summed E-state index contributed by atoms with van der Waals surface area (Å²) in [5, 5.41) is 16.2. The van der Waals surface area contributed by atoms with Gasteiger partial charge >= 0.3 is 5.97 Å². The number of benzene rings is 1. The molecule has 0 spiro atoms. The molecule has 27 heavy (non-hydrogen) atoms. The molecule has 1 amide bonds. The highest BCUT2D eigenvalue weighted by atomic mass is 16.5. The van der Waals surface area contributed by atoms with Gasteiger partial charge in [-0.25, -0.2) is 9.78 Å². The highest BCUT2D eigenvalue weighted by Gasteiger charge is 2.28. The summed E-state index contributed by atoms with van der Waals surface area (Å²) < 4.78 is 10.3. The van der Waals surface area contributed by atoms with Gasteiger partial charge in [0.15, 0.2) is 5.76 Å². The van der Waals surface area contributed by atoms with Gasteiger partial charge in [0.05, 0.1) is 19.3 Å². The van der Waals surface area contributed by atoms with Crippen LogP contribution in [0.2, 0.25) is 0 Å². The molecule has 0 aliphatic heterocycles. The van der Waals surface area contributed by atoms with Crippen molar-refractivity contribution in [1.82, 2.24) is 20.4 Å². The third-order valence-corrected chi connectivity index (χ3v) is 3.83. The molecule has 0 fully saturated rings. The molecule has 3 aromatic rings. The van der Waals surface area contributed by atoms with Crippen molar-refractivity contribution in [3.63, 3.8) is 0 Å². The van der Waals surface area contributed by atoms with Gasteiger partial charge in [0.1, 0.15) is 22.7 Å². The second kappa shape index (κ2) is 7.65. The van der Waals surface area contributed by atoms with Crippen molar-refractivity contribution in [3.8, 4) is 17.0 Å².